The highest BCUT2D eigenvalue weighted by Crippen LogP contribution is 2.34. The molecule has 0 unspecified atom stereocenters. The zero-order chi connectivity index (χ0) is 24.2. The monoisotopic (exact) mass is 483 g/mol. The molecule has 1 aliphatic rings. The molecule has 33 heavy (non-hydrogen) atoms. The van der Waals surface area contributed by atoms with E-state index in [-0.39, 0.29) is 23.6 Å². The quantitative estimate of drug-likeness (QED) is 0.615. The fourth-order valence-electron chi connectivity index (χ4n) is 3.08. The Balaban J connectivity index is 1.52. The van der Waals surface area contributed by atoms with E-state index in [1.54, 1.807) is 12.1 Å². The second-order valence-electron chi connectivity index (χ2n) is 7.03. The largest absolute Gasteiger partial charge is 0.455 e. The molecule has 2 aromatic carbocycles. The Bertz CT molecular complexity index is 1090. The third kappa shape index (κ3) is 6.01. The Kier molecular flexibility index (Phi) is 7.22. The van der Waals surface area contributed by atoms with Crippen molar-refractivity contribution < 1.29 is 37.1 Å². The first-order chi connectivity index (χ1) is 15.6. The number of benzene rings is 2. The number of rotatable bonds is 6. The average molecular weight is 484 g/mol. The fraction of sp³-hybridized carbons (Fsp3) is 0.238. The molecule has 12 heteroatoms. The van der Waals surface area contributed by atoms with Crippen LogP contribution in [-0.4, -0.2) is 41.9 Å². The Morgan fingerprint density at radius 2 is 1.76 bits per heavy atom. The molecule has 2 N–H and O–H groups in total. The van der Waals surface area contributed by atoms with Crippen molar-refractivity contribution in [2.75, 3.05) is 18.5 Å². The van der Waals surface area contributed by atoms with Crippen LogP contribution in [0.25, 0.3) is 0 Å². The van der Waals surface area contributed by atoms with Crippen LogP contribution in [0.5, 0.6) is 0 Å². The maximum Gasteiger partial charge on any atom is 0.418 e. The summed E-state index contributed by atoms with van der Waals surface area (Å²) in [6, 6.07) is 10.5. The lowest BCUT2D eigenvalue weighted by atomic mass is 10.1. The number of carbonyl (C=O) groups is 4. The number of hydrazine groups is 1. The van der Waals surface area contributed by atoms with E-state index in [0.717, 1.165) is 17.1 Å². The number of alkyl halides is 3. The van der Waals surface area contributed by atoms with E-state index in [1.165, 1.54) is 24.3 Å². The van der Waals surface area contributed by atoms with E-state index in [0.29, 0.717) is 0 Å². The summed E-state index contributed by atoms with van der Waals surface area (Å²) in [5, 5.41) is 3.17. The maximum atomic E-state index is 13.0. The van der Waals surface area contributed by atoms with E-state index in [1.807, 2.05) is 5.32 Å². The summed E-state index contributed by atoms with van der Waals surface area (Å²) in [4.78, 5) is 48.6. The third-order valence-corrected chi connectivity index (χ3v) is 5.00. The number of ether oxygens (including phenoxy) is 1. The maximum absolute atomic E-state index is 13.0. The molecule has 1 saturated heterocycles. The van der Waals surface area contributed by atoms with Gasteiger partial charge >= 0.3 is 12.1 Å². The second-order valence-corrected chi connectivity index (χ2v) is 7.43. The van der Waals surface area contributed by atoms with Gasteiger partial charge < -0.3 is 10.1 Å². The first-order valence-electron chi connectivity index (χ1n) is 9.55. The minimum atomic E-state index is -4.68. The Hall–Kier alpha value is -3.60. The summed E-state index contributed by atoms with van der Waals surface area (Å²) >= 11 is 5.94. The van der Waals surface area contributed by atoms with Gasteiger partial charge in [-0.3, -0.25) is 29.6 Å². The van der Waals surface area contributed by atoms with Gasteiger partial charge in [-0.05, 0) is 24.3 Å². The van der Waals surface area contributed by atoms with Crippen LogP contribution in [0.4, 0.5) is 18.9 Å². The van der Waals surface area contributed by atoms with Crippen LogP contribution in [0.1, 0.15) is 22.3 Å². The highest BCUT2D eigenvalue weighted by Gasteiger charge is 2.37. The molecule has 8 nitrogen and oxygen atoms in total. The zero-order valence-corrected chi connectivity index (χ0v) is 17.6. The molecule has 1 heterocycles. The van der Waals surface area contributed by atoms with Gasteiger partial charge in [0.05, 0.1) is 34.3 Å². The molecule has 0 aromatic heterocycles. The van der Waals surface area contributed by atoms with Crippen LogP contribution in [0.3, 0.4) is 0 Å². The van der Waals surface area contributed by atoms with Crippen molar-refractivity contribution in [3.05, 3.63) is 64.7 Å². The highest BCUT2D eigenvalue weighted by molar-refractivity contribution is 6.33. The standard InChI is InChI=1S/C21H17ClF3N3O5/c22-15-7-3-1-5-13(15)19(31)27-28-10-12(9-18(28)30)20(32)33-11-17(29)26-16-8-4-2-6-14(16)21(23,24)25/h1-8,12H,9-11H2,(H,26,29)(H,27,31)/t12-/m1/s1. The van der Waals surface area contributed by atoms with E-state index < -0.39 is 53.6 Å². The first kappa shape index (κ1) is 24.1. The van der Waals surface area contributed by atoms with Crippen LogP contribution in [0, 0.1) is 5.92 Å². The average Bonchev–Trinajstić information content (AvgIpc) is 3.12. The molecule has 2 aromatic rings. The number of nitrogens with zero attached hydrogens (tertiary/aromatic N) is 1. The molecule has 0 spiro atoms. The molecule has 1 atom stereocenters. The summed E-state index contributed by atoms with van der Waals surface area (Å²) in [6.07, 6.45) is -4.96. The lowest BCUT2D eigenvalue weighted by molar-refractivity contribution is -0.151. The normalized spacial score (nSPS) is 15.8. The predicted molar refractivity (Wildman–Crippen MR) is 110 cm³/mol. The molecule has 3 rings (SSSR count). The van der Waals surface area contributed by atoms with Gasteiger partial charge in [-0.2, -0.15) is 13.2 Å². The Morgan fingerprint density at radius 3 is 2.45 bits per heavy atom. The van der Waals surface area contributed by atoms with Gasteiger partial charge in [-0.15, -0.1) is 0 Å². The topological polar surface area (TPSA) is 105 Å². The van der Waals surface area contributed by atoms with Crippen LogP contribution >= 0.6 is 11.6 Å². The van der Waals surface area contributed by atoms with Gasteiger partial charge in [0.2, 0.25) is 5.91 Å². The van der Waals surface area contributed by atoms with Gasteiger partial charge in [0.15, 0.2) is 6.61 Å². The number of hydrogen-bond acceptors (Lipinski definition) is 5. The molecule has 1 fully saturated rings. The van der Waals surface area contributed by atoms with Gasteiger partial charge in [0.1, 0.15) is 0 Å². The Labute approximate surface area is 190 Å². The lowest BCUT2D eigenvalue weighted by Gasteiger charge is -2.18. The summed E-state index contributed by atoms with van der Waals surface area (Å²) in [6.45, 7) is -1.05. The van der Waals surface area contributed by atoms with Gasteiger partial charge in [0, 0.05) is 6.42 Å². The van der Waals surface area contributed by atoms with Crippen molar-refractivity contribution in [2.45, 2.75) is 12.6 Å². The predicted octanol–water partition coefficient (Wildman–Crippen LogP) is 3.03. The summed E-state index contributed by atoms with van der Waals surface area (Å²) in [5.41, 5.74) is 0.967. The SMILES string of the molecule is O=C(COC(=O)[C@@H]1CC(=O)N(NC(=O)c2ccccc2Cl)C1)Nc1ccccc1C(F)(F)F. The van der Waals surface area contributed by atoms with Crippen LogP contribution in [-0.2, 0) is 25.3 Å². The number of halogens is 4. The molecule has 174 valence electrons. The molecule has 0 radical (unpaired) electrons. The molecular weight excluding hydrogens is 467 g/mol. The zero-order valence-electron chi connectivity index (χ0n) is 16.8. The van der Waals surface area contributed by atoms with Crippen molar-refractivity contribution >= 4 is 41.0 Å². The number of nitrogens with one attached hydrogen (secondary N) is 2. The number of anilines is 1. The van der Waals surface area contributed by atoms with E-state index in [4.69, 9.17) is 16.3 Å². The molecule has 1 aliphatic heterocycles. The Morgan fingerprint density at radius 1 is 1.09 bits per heavy atom. The van der Waals surface area contributed by atoms with E-state index in [2.05, 4.69) is 5.43 Å². The minimum absolute atomic E-state index is 0.133. The summed E-state index contributed by atoms with van der Waals surface area (Å²) in [7, 11) is 0. The van der Waals surface area contributed by atoms with Crippen molar-refractivity contribution in [1.29, 1.82) is 0 Å². The lowest BCUT2D eigenvalue weighted by Crippen LogP contribution is -2.43. The number of amides is 3. The van der Waals surface area contributed by atoms with Gasteiger partial charge in [-0.1, -0.05) is 35.9 Å². The van der Waals surface area contributed by atoms with Crippen LogP contribution < -0.4 is 10.7 Å². The van der Waals surface area contributed by atoms with E-state index in [9.17, 15) is 32.3 Å². The second kappa shape index (κ2) is 9.90. The number of para-hydroxylation sites is 1. The molecule has 0 bridgehead atoms. The summed E-state index contributed by atoms with van der Waals surface area (Å²) < 4.78 is 43.8. The molecule has 0 aliphatic carbocycles. The van der Waals surface area contributed by atoms with Crippen LogP contribution in [0.15, 0.2) is 48.5 Å². The number of esters is 1. The number of carbonyl (C=O) groups excluding carboxylic acids is 4. The fourth-order valence-corrected chi connectivity index (χ4v) is 3.30. The summed E-state index contributed by atoms with van der Waals surface area (Å²) in [5.74, 6) is -4.06. The highest BCUT2D eigenvalue weighted by atomic mass is 35.5. The van der Waals surface area contributed by atoms with E-state index >= 15 is 0 Å². The third-order valence-electron chi connectivity index (χ3n) is 4.67. The molecule has 3 amide bonds. The van der Waals surface area contributed by atoms with Crippen molar-refractivity contribution in [1.82, 2.24) is 10.4 Å². The minimum Gasteiger partial charge on any atom is -0.455 e. The molecule has 0 saturated carbocycles. The van der Waals surface area contributed by atoms with Crippen molar-refractivity contribution in [3.63, 3.8) is 0 Å². The first-order valence-corrected chi connectivity index (χ1v) is 9.92. The van der Waals surface area contributed by atoms with Crippen molar-refractivity contribution in [3.8, 4) is 0 Å². The smallest absolute Gasteiger partial charge is 0.418 e. The molecular formula is C21H17ClF3N3O5. The number of hydrogen-bond donors (Lipinski definition) is 2. The van der Waals surface area contributed by atoms with Crippen molar-refractivity contribution in [2.24, 2.45) is 5.92 Å². The van der Waals surface area contributed by atoms with Gasteiger partial charge in [0.25, 0.3) is 11.8 Å². The van der Waals surface area contributed by atoms with Gasteiger partial charge in [-0.25, -0.2) is 0 Å². The van der Waals surface area contributed by atoms with Crippen LogP contribution in [0.2, 0.25) is 5.02 Å².